The largest absolute Gasteiger partial charge is 0.512 e. The molecule has 96 valence electrons. The predicted octanol–water partition coefficient (Wildman–Crippen LogP) is 3.21. The van der Waals surface area contributed by atoms with Gasteiger partial charge in [-0.1, -0.05) is 28.1 Å². The maximum atomic E-state index is 11.7. The summed E-state index contributed by atoms with van der Waals surface area (Å²) in [6.07, 6.45) is 0. The van der Waals surface area contributed by atoms with E-state index in [9.17, 15) is 9.90 Å². The Morgan fingerprint density at radius 3 is 2.39 bits per heavy atom. The molecule has 0 heterocycles. The third-order valence-electron chi connectivity index (χ3n) is 2.22. The molecule has 0 unspecified atom stereocenters. The Labute approximate surface area is 114 Å². The highest BCUT2D eigenvalue weighted by atomic mass is 79.9. The van der Waals surface area contributed by atoms with Crippen LogP contribution in [0.4, 0.5) is 0 Å². The van der Waals surface area contributed by atoms with Gasteiger partial charge in [-0.2, -0.15) is 0 Å². The molecule has 1 aromatic carbocycles. The van der Waals surface area contributed by atoms with Crippen molar-refractivity contribution in [3.63, 3.8) is 0 Å². The van der Waals surface area contributed by atoms with Crippen molar-refractivity contribution in [2.75, 3.05) is 6.61 Å². The van der Waals surface area contributed by atoms with Crippen LogP contribution in [0.5, 0.6) is 0 Å². The van der Waals surface area contributed by atoms with Crippen molar-refractivity contribution >= 4 is 27.6 Å². The lowest BCUT2D eigenvalue weighted by atomic mass is 10.0. The number of aliphatic hydroxyl groups is 1. The van der Waals surface area contributed by atoms with Gasteiger partial charge in [0.1, 0.15) is 11.3 Å². The molecule has 0 aliphatic rings. The van der Waals surface area contributed by atoms with Crippen LogP contribution in [0.3, 0.4) is 0 Å². The summed E-state index contributed by atoms with van der Waals surface area (Å²) in [6, 6.07) is 6.90. The number of esters is 1. The molecule has 0 fully saturated rings. The van der Waals surface area contributed by atoms with E-state index in [2.05, 4.69) is 15.9 Å². The molecule has 0 bridgehead atoms. The zero-order valence-corrected chi connectivity index (χ0v) is 11.7. The molecule has 0 radical (unpaired) electrons. The van der Waals surface area contributed by atoms with Gasteiger partial charge in [-0.15, -0.1) is 0 Å². The molecular weight excluding hydrogens is 298 g/mol. The number of nitrogens with one attached hydrogen (secondary N) is 1. The van der Waals surface area contributed by atoms with Crippen molar-refractivity contribution < 1.29 is 14.6 Å². The van der Waals surface area contributed by atoms with E-state index in [0.29, 0.717) is 5.56 Å². The molecule has 0 aromatic heterocycles. The van der Waals surface area contributed by atoms with Crippen LogP contribution >= 0.6 is 15.9 Å². The number of carbonyl (C=O) groups excluding carboxylic acids is 1. The number of hydrogen-bond donors (Lipinski definition) is 2. The molecule has 0 aliphatic heterocycles. The van der Waals surface area contributed by atoms with Crippen LogP contribution in [0.25, 0.3) is 0 Å². The Hall–Kier alpha value is -1.62. The average molecular weight is 312 g/mol. The first kappa shape index (κ1) is 14.4. The molecule has 0 aliphatic carbocycles. The monoisotopic (exact) mass is 311 g/mol. The summed E-state index contributed by atoms with van der Waals surface area (Å²) in [5, 5.41) is 17.5. The highest BCUT2D eigenvalue weighted by molar-refractivity contribution is 9.10. The van der Waals surface area contributed by atoms with E-state index in [1.165, 1.54) is 6.92 Å². The van der Waals surface area contributed by atoms with Gasteiger partial charge in [-0.05, 0) is 26.0 Å². The van der Waals surface area contributed by atoms with E-state index in [1.54, 1.807) is 31.2 Å². The maximum Gasteiger partial charge on any atom is 0.343 e. The van der Waals surface area contributed by atoms with E-state index in [0.717, 1.165) is 4.47 Å². The first-order chi connectivity index (χ1) is 8.47. The van der Waals surface area contributed by atoms with Crippen LogP contribution in [0, 0.1) is 5.41 Å². The van der Waals surface area contributed by atoms with Crippen molar-refractivity contribution in [1.29, 1.82) is 5.41 Å². The molecular formula is C13H14BrNO3. The quantitative estimate of drug-likeness (QED) is 0.388. The van der Waals surface area contributed by atoms with Crippen LogP contribution in [0.2, 0.25) is 0 Å². The topological polar surface area (TPSA) is 70.4 Å². The Morgan fingerprint density at radius 2 is 1.94 bits per heavy atom. The SMILES string of the molecule is CCOC(=O)/C(C(=N)c1ccc(Br)cc1)=C(/C)O. The highest BCUT2D eigenvalue weighted by Gasteiger charge is 2.20. The molecule has 1 aromatic rings. The second-order valence-corrected chi connectivity index (χ2v) is 4.48. The fraction of sp³-hybridized carbons (Fsp3) is 0.231. The van der Waals surface area contributed by atoms with E-state index in [-0.39, 0.29) is 23.7 Å². The zero-order valence-electron chi connectivity index (χ0n) is 10.2. The third kappa shape index (κ3) is 3.43. The fourth-order valence-electron chi connectivity index (χ4n) is 1.39. The molecule has 0 saturated carbocycles. The van der Waals surface area contributed by atoms with Gasteiger partial charge in [0.05, 0.1) is 12.3 Å². The summed E-state index contributed by atoms with van der Waals surface area (Å²) in [5.74, 6) is -0.910. The first-order valence-corrected chi connectivity index (χ1v) is 6.18. The Morgan fingerprint density at radius 1 is 1.39 bits per heavy atom. The lowest BCUT2D eigenvalue weighted by Crippen LogP contribution is -2.18. The van der Waals surface area contributed by atoms with E-state index < -0.39 is 5.97 Å². The minimum absolute atomic E-state index is 0.0547. The van der Waals surface area contributed by atoms with Gasteiger partial charge in [-0.25, -0.2) is 4.79 Å². The zero-order chi connectivity index (χ0) is 13.7. The third-order valence-corrected chi connectivity index (χ3v) is 2.75. The number of hydrogen-bond acceptors (Lipinski definition) is 4. The van der Waals surface area contributed by atoms with Crippen molar-refractivity contribution in [1.82, 2.24) is 0 Å². The van der Waals surface area contributed by atoms with Gasteiger partial charge >= 0.3 is 5.97 Å². The standard InChI is InChI=1S/C13H14BrNO3/c1-3-18-13(17)11(8(2)16)12(15)9-4-6-10(14)7-5-9/h4-7,15-16H,3H2,1-2H3/b11-8-,15-12?. The minimum atomic E-state index is -0.689. The summed E-state index contributed by atoms with van der Waals surface area (Å²) in [5.41, 5.74) is 0.370. The van der Waals surface area contributed by atoms with Gasteiger partial charge in [0.15, 0.2) is 0 Å². The Balaban J connectivity index is 3.09. The summed E-state index contributed by atoms with van der Waals surface area (Å²) in [7, 11) is 0. The van der Waals surface area contributed by atoms with Crippen molar-refractivity contribution in [2.24, 2.45) is 0 Å². The second kappa shape index (κ2) is 6.35. The summed E-state index contributed by atoms with van der Waals surface area (Å²) < 4.78 is 5.70. The molecule has 4 nitrogen and oxygen atoms in total. The van der Waals surface area contributed by atoms with E-state index in [1.807, 2.05) is 0 Å². The average Bonchev–Trinajstić information content (AvgIpc) is 2.29. The van der Waals surface area contributed by atoms with Gasteiger partial charge in [0, 0.05) is 10.0 Å². The number of aliphatic hydroxyl groups excluding tert-OH is 1. The van der Waals surface area contributed by atoms with Crippen LogP contribution in [0.1, 0.15) is 19.4 Å². The Bertz CT molecular complexity index is 487. The molecule has 0 amide bonds. The fourth-order valence-corrected chi connectivity index (χ4v) is 1.66. The minimum Gasteiger partial charge on any atom is -0.512 e. The summed E-state index contributed by atoms with van der Waals surface area (Å²) in [6.45, 7) is 3.23. The normalized spacial score (nSPS) is 11.7. The highest BCUT2D eigenvalue weighted by Crippen LogP contribution is 2.16. The van der Waals surface area contributed by atoms with Crippen molar-refractivity contribution in [3.8, 4) is 0 Å². The molecule has 2 N–H and O–H groups in total. The van der Waals surface area contributed by atoms with Gasteiger partial charge in [0.2, 0.25) is 0 Å². The Kier molecular flexibility index (Phi) is 5.09. The van der Waals surface area contributed by atoms with Crippen molar-refractivity contribution in [3.05, 3.63) is 45.6 Å². The van der Waals surface area contributed by atoms with Crippen molar-refractivity contribution in [2.45, 2.75) is 13.8 Å². The number of halogens is 1. The van der Waals surface area contributed by atoms with E-state index >= 15 is 0 Å². The summed E-state index contributed by atoms with van der Waals surface area (Å²) in [4.78, 5) is 11.7. The number of benzene rings is 1. The van der Waals surface area contributed by atoms with Crippen LogP contribution in [0.15, 0.2) is 40.1 Å². The molecule has 18 heavy (non-hydrogen) atoms. The van der Waals surface area contributed by atoms with Crippen LogP contribution in [-0.2, 0) is 9.53 Å². The van der Waals surface area contributed by atoms with E-state index in [4.69, 9.17) is 10.1 Å². The predicted molar refractivity (Wildman–Crippen MR) is 72.9 cm³/mol. The molecule has 0 atom stereocenters. The first-order valence-electron chi connectivity index (χ1n) is 5.39. The molecule has 1 rings (SSSR count). The van der Waals surface area contributed by atoms with Gasteiger partial charge in [0.25, 0.3) is 0 Å². The second-order valence-electron chi connectivity index (χ2n) is 3.56. The lowest BCUT2D eigenvalue weighted by Gasteiger charge is -2.09. The lowest BCUT2D eigenvalue weighted by molar-refractivity contribution is -0.138. The number of allylic oxidation sites excluding steroid dienone is 1. The van der Waals surface area contributed by atoms with Gasteiger partial charge in [-0.3, -0.25) is 5.41 Å². The maximum absolute atomic E-state index is 11.7. The van der Waals surface area contributed by atoms with Gasteiger partial charge < -0.3 is 9.84 Å². The number of ether oxygens (including phenoxy) is 1. The number of rotatable bonds is 4. The molecule has 5 heteroatoms. The smallest absolute Gasteiger partial charge is 0.343 e. The van der Waals surface area contributed by atoms with Crippen LogP contribution in [-0.4, -0.2) is 23.4 Å². The number of carbonyl (C=O) groups is 1. The summed E-state index contributed by atoms with van der Waals surface area (Å²) >= 11 is 3.29. The van der Waals surface area contributed by atoms with Crippen LogP contribution < -0.4 is 0 Å². The molecule has 0 spiro atoms. The molecule has 0 saturated heterocycles.